The van der Waals surface area contributed by atoms with Gasteiger partial charge in [0.25, 0.3) is 0 Å². The maximum atomic E-state index is 6.52. The topological polar surface area (TPSA) is 48.8 Å². The molecular weight excluding hydrogens is 721 g/mol. The largest absolute Gasteiger partial charge is 0.456 e. The number of hydrogen-bond acceptors (Lipinski definition) is 3. The third kappa shape index (κ3) is 4.67. The summed E-state index contributed by atoms with van der Waals surface area (Å²) in [5.41, 5.74) is 12.4. The van der Waals surface area contributed by atoms with Gasteiger partial charge in [-0.3, -0.25) is 0 Å². The first kappa shape index (κ1) is 32.1. The van der Waals surface area contributed by atoms with E-state index in [2.05, 4.69) is 185 Å². The van der Waals surface area contributed by atoms with Crippen LogP contribution in [0.15, 0.2) is 199 Å². The number of nitrogens with zero attached hydrogens (tertiary/aromatic N) is 4. The second-order valence-electron chi connectivity index (χ2n) is 15.3. The van der Waals surface area contributed by atoms with Gasteiger partial charge in [0.05, 0.1) is 38.7 Å². The Morgan fingerprint density at radius 2 is 1.05 bits per heavy atom. The summed E-state index contributed by atoms with van der Waals surface area (Å²) in [7, 11) is 0. The minimum absolute atomic E-state index is 0.702. The van der Waals surface area contributed by atoms with Crippen LogP contribution >= 0.6 is 0 Å². The Balaban J connectivity index is 1.10. The zero-order valence-electron chi connectivity index (χ0n) is 31.7. The van der Waals surface area contributed by atoms with Gasteiger partial charge in [0.15, 0.2) is 5.82 Å². The fourth-order valence-corrected chi connectivity index (χ4v) is 9.49. The summed E-state index contributed by atoms with van der Waals surface area (Å²) in [4.78, 5) is 10.2. The second-order valence-corrected chi connectivity index (χ2v) is 15.3. The number of benzene rings is 9. The Kier molecular flexibility index (Phi) is 6.66. The van der Waals surface area contributed by atoms with Gasteiger partial charge in [-0.15, -0.1) is 0 Å². The first-order chi connectivity index (χ1) is 29.3. The number of fused-ring (bicyclic) bond motifs is 13. The molecule has 0 aliphatic carbocycles. The molecule has 9 aromatic carbocycles. The van der Waals surface area contributed by atoms with E-state index in [0.29, 0.717) is 5.82 Å². The summed E-state index contributed by atoms with van der Waals surface area (Å²) >= 11 is 0. The summed E-state index contributed by atoms with van der Waals surface area (Å²) in [6.45, 7) is 0. The Labute approximate surface area is 337 Å². The normalized spacial score (nSPS) is 12.1. The van der Waals surface area contributed by atoms with Crippen LogP contribution in [0.25, 0.3) is 121 Å². The maximum Gasteiger partial charge on any atom is 0.160 e. The standard InChI is InChI=1S/C54H32N4O/c1-2-13-34(14-3-1)51-41-17-6-9-19-44(41)55-54(56-51)35-23-25-37(26-24-35)57-45-20-10-7-16-39(45)40-28-30-46-49(52(40)57)43-29-31-48-50(42-18-8-11-21-47(42)59-48)53(43)58(46)38-27-22-33-12-4-5-15-36(33)32-38/h1-32H. The van der Waals surface area contributed by atoms with Crippen molar-refractivity contribution in [1.82, 2.24) is 19.1 Å². The lowest BCUT2D eigenvalue weighted by molar-refractivity contribution is 0.669. The molecule has 0 saturated heterocycles. The molecule has 59 heavy (non-hydrogen) atoms. The van der Waals surface area contributed by atoms with E-state index in [-0.39, 0.29) is 0 Å². The molecule has 5 heteroatoms. The molecule has 0 fully saturated rings. The van der Waals surface area contributed by atoms with Gasteiger partial charge in [0.1, 0.15) is 11.2 Å². The highest BCUT2D eigenvalue weighted by Gasteiger charge is 2.24. The zero-order chi connectivity index (χ0) is 38.6. The minimum Gasteiger partial charge on any atom is -0.456 e. The molecule has 0 saturated carbocycles. The predicted octanol–water partition coefficient (Wildman–Crippen LogP) is 14.2. The van der Waals surface area contributed by atoms with Crippen LogP contribution < -0.4 is 0 Å². The van der Waals surface area contributed by atoms with Crippen molar-refractivity contribution in [3.05, 3.63) is 194 Å². The van der Waals surface area contributed by atoms with Crippen LogP contribution in [0, 0.1) is 0 Å². The lowest BCUT2D eigenvalue weighted by Gasteiger charge is -2.12. The van der Waals surface area contributed by atoms with Crippen molar-refractivity contribution >= 4 is 87.2 Å². The number of aromatic nitrogens is 4. The van der Waals surface area contributed by atoms with Crippen molar-refractivity contribution in [2.45, 2.75) is 0 Å². The van der Waals surface area contributed by atoms with Crippen molar-refractivity contribution in [3.63, 3.8) is 0 Å². The van der Waals surface area contributed by atoms with Crippen molar-refractivity contribution < 1.29 is 4.42 Å². The van der Waals surface area contributed by atoms with Gasteiger partial charge in [-0.2, -0.15) is 0 Å². The highest BCUT2D eigenvalue weighted by Crippen LogP contribution is 2.46. The molecule has 5 nitrogen and oxygen atoms in total. The van der Waals surface area contributed by atoms with Gasteiger partial charge in [-0.1, -0.05) is 121 Å². The quantitative estimate of drug-likeness (QED) is 0.180. The van der Waals surface area contributed by atoms with Crippen LogP contribution in [0.5, 0.6) is 0 Å². The molecule has 0 bridgehead atoms. The van der Waals surface area contributed by atoms with Crippen molar-refractivity contribution in [3.8, 4) is 34.0 Å². The van der Waals surface area contributed by atoms with E-state index in [1.165, 1.54) is 37.8 Å². The van der Waals surface area contributed by atoms with Crippen LogP contribution in [0.1, 0.15) is 0 Å². The average Bonchev–Trinajstić information content (AvgIpc) is 3.96. The molecule has 0 aliphatic rings. The smallest absolute Gasteiger partial charge is 0.160 e. The third-order valence-electron chi connectivity index (χ3n) is 12.1. The van der Waals surface area contributed by atoms with Crippen LogP contribution in [0.2, 0.25) is 0 Å². The summed E-state index contributed by atoms with van der Waals surface area (Å²) in [5, 5.41) is 10.5. The van der Waals surface area contributed by atoms with E-state index in [0.717, 1.165) is 77.6 Å². The number of rotatable bonds is 4. The first-order valence-electron chi connectivity index (χ1n) is 20.0. The molecular formula is C54H32N4O. The van der Waals surface area contributed by atoms with Crippen molar-refractivity contribution in [1.29, 1.82) is 0 Å². The minimum atomic E-state index is 0.702. The van der Waals surface area contributed by atoms with Gasteiger partial charge in [-0.25, -0.2) is 9.97 Å². The molecule has 4 heterocycles. The predicted molar refractivity (Wildman–Crippen MR) is 244 cm³/mol. The molecule has 4 aromatic heterocycles. The molecule has 13 rings (SSSR count). The highest BCUT2D eigenvalue weighted by atomic mass is 16.3. The van der Waals surface area contributed by atoms with Crippen molar-refractivity contribution in [2.24, 2.45) is 0 Å². The Morgan fingerprint density at radius 3 is 1.93 bits per heavy atom. The molecule has 274 valence electrons. The lowest BCUT2D eigenvalue weighted by atomic mass is 10.1. The summed E-state index contributed by atoms with van der Waals surface area (Å²) in [6.07, 6.45) is 0. The van der Waals surface area contributed by atoms with Gasteiger partial charge in [-0.05, 0) is 83.6 Å². The Morgan fingerprint density at radius 1 is 0.373 bits per heavy atom. The molecule has 0 N–H and O–H groups in total. The molecule has 0 radical (unpaired) electrons. The van der Waals surface area contributed by atoms with Crippen LogP contribution in [-0.4, -0.2) is 19.1 Å². The van der Waals surface area contributed by atoms with E-state index in [4.69, 9.17) is 14.4 Å². The second kappa shape index (κ2) is 12.2. The maximum absolute atomic E-state index is 6.52. The first-order valence-corrected chi connectivity index (χ1v) is 20.0. The highest BCUT2D eigenvalue weighted by molar-refractivity contribution is 6.31. The SMILES string of the molecule is c1ccc(-c2nc(-c3ccc(-n4c5ccccc5c5ccc6c(c7ccc8oc9ccccc9c8c7n6-c6ccc7ccccc7c6)c54)cc3)nc3ccccc23)cc1. The summed E-state index contributed by atoms with van der Waals surface area (Å²) in [6, 6.07) is 68.9. The molecule has 0 atom stereocenters. The summed E-state index contributed by atoms with van der Waals surface area (Å²) in [5.74, 6) is 0.702. The lowest BCUT2D eigenvalue weighted by Crippen LogP contribution is -1.97. The summed E-state index contributed by atoms with van der Waals surface area (Å²) < 4.78 is 11.4. The van der Waals surface area contributed by atoms with Gasteiger partial charge in [0.2, 0.25) is 0 Å². The molecule has 0 amide bonds. The fourth-order valence-electron chi connectivity index (χ4n) is 9.49. The van der Waals surface area contributed by atoms with Gasteiger partial charge < -0.3 is 13.6 Å². The van der Waals surface area contributed by atoms with Crippen LogP contribution in [0.3, 0.4) is 0 Å². The van der Waals surface area contributed by atoms with E-state index in [1.807, 2.05) is 18.2 Å². The van der Waals surface area contributed by atoms with Crippen LogP contribution in [-0.2, 0) is 0 Å². The van der Waals surface area contributed by atoms with E-state index < -0.39 is 0 Å². The Hall–Kier alpha value is -8.02. The third-order valence-corrected chi connectivity index (χ3v) is 12.1. The average molecular weight is 753 g/mol. The van der Waals surface area contributed by atoms with Gasteiger partial charge in [0, 0.05) is 54.8 Å². The van der Waals surface area contributed by atoms with Gasteiger partial charge >= 0.3 is 0 Å². The number of para-hydroxylation sites is 3. The number of furan rings is 1. The molecule has 0 aliphatic heterocycles. The van der Waals surface area contributed by atoms with E-state index in [1.54, 1.807) is 0 Å². The van der Waals surface area contributed by atoms with Crippen molar-refractivity contribution in [2.75, 3.05) is 0 Å². The van der Waals surface area contributed by atoms with E-state index in [9.17, 15) is 0 Å². The molecule has 0 spiro atoms. The monoisotopic (exact) mass is 752 g/mol. The molecule has 13 aromatic rings. The Bertz CT molecular complexity index is 3830. The number of hydrogen-bond donors (Lipinski definition) is 0. The fraction of sp³-hybridized carbons (Fsp3) is 0. The van der Waals surface area contributed by atoms with E-state index >= 15 is 0 Å². The zero-order valence-corrected chi connectivity index (χ0v) is 31.7. The van der Waals surface area contributed by atoms with Crippen LogP contribution in [0.4, 0.5) is 0 Å². The molecule has 0 unspecified atom stereocenters.